The standard InChI is InChI=1S/C18H15NO4/c1-11-6-7-13-14(8-11)18(21)19(17(13)20)15-4-2-3-5-16(15)23-10-12-9-22-12/h2-8,12H,9-10H2,1H3. The molecular formula is C18H15NO4. The van der Waals surface area contributed by atoms with Crippen LogP contribution in [-0.4, -0.2) is 31.1 Å². The number of amides is 2. The Hall–Kier alpha value is -2.66. The predicted molar refractivity (Wildman–Crippen MR) is 84.0 cm³/mol. The summed E-state index contributed by atoms with van der Waals surface area (Å²) in [5, 5.41) is 0. The van der Waals surface area contributed by atoms with Crippen LogP contribution in [0.5, 0.6) is 5.75 Å². The molecule has 4 rings (SSSR count). The van der Waals surface area contributed by atoms with E-state index in [4.69, 9.17) is 9.47 Å². The number of para-hydroxylation sites is 2. The molecule has 2 heterocycles. The molecule has 0 spiro atoms. The van der Waals surface area contributed by atoms with Crippen LogP contribution in [0.15, 0.2) is 42.5 Å². The van der Waals surface area contributed by atoms with Crippen molar-refractivity contribution in [3.05, 3.63) is 59.2 Å². The first-order chi connectivity index (χ1) is 11.1. The van der Waals surface area contributed by atoms with Gasteiger partial charge in [0.1, 0.15) is 18.5 Å². The summed E-state index contributed by atoms with van der Waals surface area (Å²) in [6.07, 6.45) is 0.105. The normalized spacial score (nSPS) is 19.0. The zero-order chi connectivity index (χ0) is 16.0. The zero-order valence-corrected chi connectivity index (χ0v) is 12.6. The number of hydrogen-bond acceptors (Lipinski definition) is 4. The van der Waals surface area contributed by atoms with Crippen molar-refractivity contribution in [2.45, 2.75) is 13.0 Å². The number of hydrogen-bond donors (Lipinski definition) is 0. The molecule has 2 aromatic rings. The minimum atomic E-state index is -0.316. The van der Waals surface area contributed by atoms with E-state index in [1.54, 1.807) is 30.3 Å². The zero-order valence-electron chi connectivity index (χ0n) is 12.6. The number of fused-ring (bicyclic) bond motifs is 1. The first kappa shape index (κ1) is 14.0. The Bertz CT molecular complexity index is 810. The van der Waals surface area contributed by atoms with E-state index in [-0.39, 0.29) is 17.9 Å². The van der Waals surface area contributed by atoms with Gasteiger partial charge in [-0.25, -0.2) is 4.90 Å². The van der Waals surface area contributed by atoms with Gasteiger partial charge in [-0.15, -0.1) is 0 Å². The molecular weight excluding hydrogens is 294 g/mol. The number of benzene rings is 2. The Morgan fingerprint density at radius 2 is 1.87 bits per heavy atom. The highest BCUT2D eigenvalue weighted by Crippen LogP contribution is 2.35. The van der Waals surface area contributed by atoms with E-state index in [1.807, 2.05) is 19.1 Å². The number of rotatable bonds is 4. The Kier molecular flexibility index (Phi) is 3.16. The summed E-state index contributed by atoms with van der Waals surface area (Å²) in [5.74, 6) is -0.120. The molecule has 1 atom stereocenters. The van der Waals surface area contributed by atoms with Gasteiger partial charge in [0.15, 0.2) is 0 Å². The predicted octanol–water partition coefficient (Wildman–Crippen LogP) is 2.57. The molecule has 2 aliphatic heterocycles. The van der Waals surface area contributed by atoms with Gasteiger partial charge in [-0.05, 0) is 31.2 Å². The maximum atomic E-state index is 12.7. The summed E-state index contributed by atoms with van der Waals surface area (Å²) in [5.41, 5.74) is 2.29. The van der Waals surface area contributed by atoms with Crippen molar-refractivity contribution < 1.29 is 19.1 Å². The average molecular weight is 309 g/mol. The second-order valence-corrected chi connectivity index (χ2v) is 5.73. The lowest BCUT2D eigenvalue weighted by Gasteiger charge is -2.18. The lowest BCUT2D eigenvalue weighted by Crippen LogP contribution is -2.30. The third kappa shape index (κ3) is 2.39. The smallest absolute Gasteiger partial charge is 0.266 e. The fraction of sp³-hybridized carbons (Fsp3) is 0.222. The van der Waals surface area contributed by atoms with Gasteiger partial charge in [0, 0.05) is 0 Å². The van der Waals surface area contributed by atoms with Gasteiger partial charge in [0.25, 0.3) is 11.8 Å². The van der Waals surface area contributed by atoms with Crippen LogP contribution in [0.25, 0.3) is 0 Å². The molecule has 2 amide bonds. The van der Waals surface area contributed by atoms with Gasteiger partial charge < -0.3 is 9.47 Å². The number of aryl methyl sites for hydroxylation is 1. The van der Waals surface area contributed by atoms with Crippen LogP contribution < -0.4 is 9.64 Å². The summed E-state index contributed by atoms with van der Waals surface area (Å²) in [6.45, 7) is 3.00. The van der Waals surface area contributed by atoms with Crippen molar-refractivity contribution in [2.24, 2.45) is 0 Å². The molecule has 5 heteroatoms. The minimum Gasteiger partial charge on any atom is -0.489 e. The van der Waals surface area contributed by atoms with Gasteiger partial charge in [-0.2, -0.15) is 0 Å². The molecule has 2 aliphatic rings. The first-order valence-corrected chi connectivity index (χ1v) is 7.48. The first-order valence-electron chi connectivity index (χ1n) is 7.48. The molecule has 1 unspecified atom stereocenters. The number of imide groups is 1. The topological polar surface area (TPSA) is 59.1 Å². The van der Waals surface area contributed by atoms with Gasteiger partial charge in [-0.3, -0.25) is 9.59 Å². The van der Waals surface area contributed by atoms with Crippen LogP contribution >= 0.6 is 0 Å². The maximum absolute atomic E-state index is 12.7. The van der Waals surface area contributed by atoms with Gasteiger partial charge in [0.2, 0.25) is 0 Å². The fourth-order valence-electron chi connectivity index (χ4n) is 2.68. The van der Waals surface area contributed by atoms with Crippen molar-refractivity contribution in [3.8, 4) is 5.75 Å². The highest BCUT2D eigenvalue weighted by molar-refractivity contribution is 6.34. The summed E-state index contributed by atoms with van der Waals surface area (Å²) in [7, 11) is 0. The van der Waals surface area contributed by atoms with Gasteiger partial charge >= 0.3 is 0 Å². The molecule has 0 N–H and O–H groups in total. The fourth-order valence-corrected chi connectivity index (χ4v) is 2.68. The number of nitrogens with zero attached hydrogens (tertiary/aromatic N) is 1. The van der Waals surface area contributed by atoms with E-state index in [0.717, 1.165) is 5.56 Å². The number of epoxide rings is 1. The van der Waals surface area contributed by atoms with Crippen molar-refractivity contribution in [1.82, 2.24) is 0 Å². The third-order valence-corrected chi connectivity index (χ3v) is 3.98. The Morgan fingerprint density at radius 1 is 1.13 bits per heavy atom. The van der Waals surface area contributed by atoms with Crippen LogP contribution in [0.2, 0.25) is 0 Å². The monoisotopic (exact) mass is 309 g/mol. The molecule has 116 valence electrons. The van der Waals surface area contributed by atoms with E-state index in [1.165, 1.54) is 4.90 Å². The maximum Gasteiger partial charge on any atom is 0.266 e. The lowest BCUT2D eigenvalue weighted by molar-refractivity contribution is 0.0924. The molecule has 0 saturated carbocycles. The molecule has 0 aliphatic carbocycles. The van der Waals surface area contributed by atoms with Crippen molar-refractivity contribution in [3.63, 3.8) is 0 Å². The van der Waals surface area contributed by atoms with Crippen LogP contribution in [0, 0.1) is 6.92 Å². The number of carbonyl (C=O) groups excluding carboxylic acids is 2. The van der Waals surface area contributed by atoms with Crippen LogP contribution in [0.3, 0.4) is 0 Å². The average Bonchev–Trinajstić information content (AvgIpc) is 3.34. The Balaban J connectivity index is 1.71. The second kappa shape index (κ2) is 5.21. The molecule has 0 aromatic heterocycles. The largest absolute Gasteiger partial charge is 0.489 e. The Labute approximate surface area is 133 Å². The number of ether oxygens (including phenoxy) is 2. The van der Waals surface area contributed by atoms with Crippen molar-refractivity contribution >= 4 is 17.5 Å². The summed E-state index contributed by atoms with van der Waals surface area (Å²) >= 11 is 0. The van der Waals surface area contributed by atoms with E-state index >= 15 is 0 Å². The summed E-state index contributed by atoms with van der Waals surface area (Å²) in [4.78, 5) is 26.5. The van der Waals surface area contributed by atoms with E-state index < -0.39 is 0 Å². The van der Waals surface area contributed by atoms with Crippen LogP contribution in [-0.2, 0) is 4.74 Å². The molecule has 0 bridgehead atoms. The SMILES string of the molecule is Cc1ccc2c(c1)C(=O)N(c1ccccc1OCC1CO1)C2=O. The lowest BCUT2D eigenvalue weighted by atomic mass is 10.1. The van der Waals surface area contributed by atoms with E-state index in [9.17, 15) is 9.59 Å². The van der Waals surface area contributed by atoms with Crippen LogP contribution in [0.1, 0.15) is 26.3 Å². The molecule has 0 radical (unpaired) electrons. The van der Waals surface area contributed by atoms with E-state index in [2.05, 4.69) is 0 Å². The molecule has 5 nitrogen and oxygen atoms in total. The Morgan fingerprint density at radius 3 is 2.65 bits per heavy atom. The highest BCUT2D eigenvalue weighted by Gasteiger charge is 2.38. The van der Waals surface area contributed by atoms with Gasteiger partial charge in [-0.1, -0.05) is 23.8 Å². The van der Waals surface area contributed by atoms with E-state index in [0.29, 0.717) is 35.8 Å². The van der Waals surface area contributed by atoms with Crippen molar-refractivity contribution in [2.75, 3.05) is 18.1 Å². The molecule has 1 fully saturated rings. The van der Waals surface area contributed by atoms with Crippen molar-refractivity contribution in [1.29, 1.82) is 0 Å². The second-order valence-electron chi connectivity index (χ2n) is 5.73. The minimum absolute atomic E-state index is 0.105. The summed E-state index contributed by atoms with van der Waals surface area (Å²) in [6, 6.07) is 12.4. The number of carbonyl (C=O) groups is 2. The summed E-state index contributed by atoms with van der Waals surface area (Å²) < 4.78 is 10.9. The molecule has 2 aromatic carbocycles. The molecule has 1 saturated heterocycles. The quantitative estimate of drug-likeness (QED) is 0.643. The third-order valence-electron chi connectivity index (χ3n) is 3.98. The highest BCUT2D eigenvalue weighted by atomic mass is 16.6. The van der Waals surface area contributed by atoms with Gasteiger partial charge in [0.05, 0.1) is 23.4 Å². The molecule has 23 heavy (non-hydrogen) atoms. The number of anilines is 1. The van der Waals surface area contributed by atoms with Crippen LogP contribution in [0.4, 0.5) is 5.69 Å².